The zero-order valence-electron chi connectivity index (χ0n) is 14.2. The summed E-state index contributed by atoms with van der Waals surface area (Å²) in [5.74, 6) is 0.868. The summed E-state index contributed by atoms with van der Waals surface area (Å²) in [6.07, 6.45) is 2.54. The van der Waals surface area contributed by atoms with Crippen molar-refractivity contribution in [3.05, 3.63) is 35.0 Å². The van der Waals surface area contributed by atoms with Crippen LogP contribution in [0.5, 0.6) is 0 Å². The molecule has 7 heteroatoms. The molecule has 0 saturated heterocycles. The minimum Gasteiger partial charge on any atom is -0.398 e. The number of aromatic nitrogens is 2. The van der Waals surface area contributed by atoms with Crippen molar-refractivity contribution in [3.63, 3.8) is 0 Å². The molecule has 0 bridgehead atoms. The third kappa shape index (κ3) is 2.97. The number of fused-ring (bicyclic) bond motifs is 1. The molecule has 0 saturated carbocycles. The first-order valence-corrected chi connectivity index (χ1v) is 7.88. The third-order valence-corrected chi connectivity index (χ3v) is 4.31. The summed E-state index contributed by atoms with van der Waals surface area (Å²) in [5.41, 5.74) is 10.6. The van der Waals surface area contributed by atoms with Gasteiger partial charge in [-0.1, -0.05) is 0 Å². The Hall–Kier alpha value is -2.83. The monoisotopic (exact) mass is 326 g/mol. The predicted molar refractivity (Wildman–Crippen MR) is 95.7 cm³/mol. The van der Waals surface area contributed by atoms with Crippen molar-refractivity contribution in [3.8, 4) is 0 Å². The number of nitrogens with two attached hydrogens (primary N) is 1. The lowest BCUT2D eigenvalue weighted by atomic mass is 10.1. The van der Waals surface area contributed by atoms with Gasteiger partial charge in [0.1, 0.15) is 0 Å². The van der Waals surface area contributed by atoms with E-state index in [1.54, 1.807) is 20.2 Å². The van der Waals surface area contributed by atoms with E-state index in [1.807, 2.05) is 34.8 Å². The van der Waals surface area contributed by atoms with Gasteiger partial charge in [0.15, 0.2) is 5.82 Å². The van der Waals surface area contributed by atoms with Gasteiger partial charge in [0.2, 0.25) is 5.91 Å². The highest BCUT2D eigenvalue weighted by Crippen LogP contribution is 2.28. The lowest BCUT2D eigenvalue weighted by Crippen LogP contribution is -2.34. The molecule has 1 amide bonds. The van der Waals surface area contributed by atoms with Crippen LogP contribution < -0.4 is 11.1 Å². The van der Waals surface area contributed by atoms with Crippen LogP contribution in [0.3, 0.4) is 0 Å². The number of anilines is 3. The molecule has 0 fully saturated rings. The summed E-state index contributed by atoms with van der Waals surface area (Å²) in [5, 5.41) is 7.93. The van der Waals surface area contributed by atoms with E-state index in [4.69, 9.17) is 5.73 Å². The number of nitrogens with one attached hydrogen (secondary N) is 1. The van der Waals surface area contributed by atoms with E-state index >= 15 is 0 Å². The predicted octanol–water partition coefficient (Wildman–Crippen LogP) is 1.70. The molecule has 0 spiro atoms. The quantitative estimate of drug-likeness (QED) is 0.664. The van der Waals surface area contributed by atoms with Gasteiger partial charge in [-0.3, -0.25) is 14.5 Å². The zero-order valence-corrected chi connectivity index (χ0v) is 14.2. The second-order valence-corrected chi connectivity index (χ2v) is 5.94. The zero-order chi connectivity index (χ0) is 17.3. The van der Waals surface area contributed by atoms with Crippen molar-refractivity contribution >= 4 is 29.3 Å². The fourth-order valence-electron chi connectivity index (χ4n) is 3.00. The molecule has 0 aliphatic carbocycles. The summed E-state index contributed by atoms with van der Waals surface area (Å²) in [6.45, 7) is 2.92. The smallest absolute Gasteiger partial charge is 0.219 e. The van der Waals surface area contributed by atoms with Crippen molar-refractivity contribution in [1.82, 2.24) is 14.7 Å². The number of hydrogen-bond acceptors (Lipinski definition) is 5. The second kappa shape index (κ2) is 6.35. The lowest BCUT2D eigenvalue weighted by molar-refractivity contribution is -0.129. The average molecular weight is 326 g/mol. The minimum absolute atomic E-state index is 0.0874. The summed E-state index contributed by atoms with van der Waals surface area (Å²) in [4.78, 5) is 17.6. The standard InChI is InChI=1S/C17H22N6O/c1-11(24)23-7-6-16-14(10-23)17(21-22(16)3)20-13-4-5-15(18)12(8-13)9-19-2/h4-5,8-9H,6-7,10,18H2,1-3H3,(H,20,21). The molecule has 3 N–H and O–H groups in total. The van der Waals surface area contributed by atoms with Gasteiger partial charge in [-0.25, -0.2) is 0 Å². The topological polar surface area (TPSA) is 88.5 Å². The molecule has 0 unspecified atom stereocenters. The summed E-state index contributed by atoms with van der Waals surface area (Å²) >= 11 is 0. The van der Waals surface area contributed by atoms with Crippen molar-refractivity contribution in [1.29, 1.82) is 0 Å². The molecular formula is C17H22N6O. The van der Waals surface area contributed by atoms with Gasteiger partial charge in [-0.15, -0.1) is 0 Å². The molecule has 1 aliphatic heterocycles. The summed E-state index contributed by atoms with van der Waals surface area (Å²) in [7, 11) is 3.65. The van der Waals surface area contributed by atoms with Gasteiger partial charge in [0, 0.05) is 68.4 Å². The van der Waals surface area contributed by atoms with Crippen molar-refractivity contribution in [2.45, 2.75) is 19.9 Å². The van der Waals surface area contributed by atoms with Crippen LogP contribution in [0.4, 0.5) is 17.2 Å². The third-order valence-electron chi connectivity index (χ3n) is 4.31. The average Bonchev–Trinajstić information content (AvgIpc) is 2.86. The molecule has 24 heavy (non-hydrogen) atoms. The van der Waals surface area contributed by atoms with Crippen LogP contribution in [0.1, 0.15) is 23.7 Å². The van der Waals surface area contributed by atoms with E-state index in [2.05, 4.69) is 15.4 Å². The van der Waals surface area contributed by atoms with Crippen LogP contribution in [0.15, 0.2) is 23.2 Å². The van der Waals surface area contributed by atoms with Crippen LogP contribution in [0.2, 0.25) is 0 Å². The highest BCUT2D eigenvalue weighted by molar-refractivity contribution is 5.89. The summed E-state index contributed by atoms with van der Waals surface area (Å²) < 4.78 is 1.89. The number of nitrogens with zero attached hydrogens (tertiary/aromatic N) is 4. The van der Waals surface area contributed by atoms with Crippen molar-refractivity contribution in [2.75, 3.05) is 24.6 Å². The minimum atomic E-state index is 0.0874. The van der Waals surface area contributed by atoms with E-state index in [-0.39, 0.29) is 5.91 Å². The maximum atomic E-state index is 11.7. The molecule has 1 aromatic carbocycles. The Morgan fingerprint density at radius 1 is 1.46 bits per heavy atom. The number of carbonyl (C=O) groups excluding carboxylic acids is 1. The van der Waals surface area contributed by atoms with Gasteiger partial charge < -0.3 is 16.0 Å². The van der Waals surface area contributed by atoms with Gasteiger partial charge in [-0.2, -0.15) is 5.10 Å². The molecule has 0 radical (unpaired) electrons. The first kappa shape index (κ1) is 16.0. The SMILES string of the molecule is CN=Cc1cc(Nc2nn(C)c3c2CN(C(C)=O)CC3)ccc1N. The van der Waals surface area contributed by atoms with E-state index < -0.39 is 0 Å². The largest absolute Gasteiger partial charge is 0.398 e. The van der Waals surface area contributed by atoms with Crippen molar-refractivity contribution in [2.24, 2.45) is 12.0 Å². The molecule has 2 aromatic rings. The van der Waals surface area contributed by atoms with E-state index in [1.165, 1.54) is 5.69 Å². The Morgan fingerprint density at radius 2 is 2.25 bits per heavy atom. The molecular weight excluding hydrogens is 304 g/mol. The number of carbonyl (C=O) groups is 1. The first-order valence-electron chi connectivity index (χ1n) is 7.88. The van der Waals surface area contributed by atoms with Gasteiger partial charge in [-0.05, 0) is 18.2 Å². The van der Waals surface area contributed by atoms with Crippen LogP contribution in [0, 0.1) is 0 Å². The molecule has 1 aliphatic rings. The van der Waals surface area contributed by atoms with Crippen LogP contribution in [-0.4, -0.2) is 40.4 Å². The van der Waals surface area contributed by atoms with Crippen LogP contribution in [0.25, 0.3) is 0 Å². The Bertz CT molecular complexity index is 808. The fourth-order valence-corrected chi connectivity index (χ4v) is 3.00. The van der Waals surface area contributed by atoms with Gasteiger partial charge in [0.05, 0.1) is 6.54 Å². The fraction of sp³-hybridized carbons (Fsp3) is 0.353. The van der Waals surface area contributed by atoms with E-state index in [0.717, 1.165) is 35.6 Å². The van der Waals surface area contributed by atoms with E-state index in [0.29, 0.717) is 12.2 Å². The molecule has 2 heterocycles. The number of aryl methyl sites for hydroxylation is 1. The molecule has 0 atom stereocenters. The number of benzene rings is 1. The first-order chi connectivity index (χ1) is 11.5. The molecule has 1 aromatic heterocycles. The highest BCUT2D eigenvalue weighted by Gasteiger charge is 2.25. The normalized spacial score (nSPS) is 14.0. The maximum absolute atomic E-state index is 11.7. The lowest BCUT2D eigenvalue weighted by Gasteiger charge is -2.26. The van der Waals surface area contributed by atoms with E-state index in [9.17, 15) is 4.79 Å². The van der Waals surface area contributed by atoms with Crippen LogP contribution >= 0.6 is 0 Å². The Balaban J connectivity index is 1.92. The molecule has 126 valence electrons. The Kier molecular flexibility index (Phi) is 4.24. The Morgan fingerprint density at radius 3 is 2.96 bits per heavy atom. The maximum Gasteiger partial charge on any atom is 0.219 e. The molecule has 3 rings (SSSR count). The number of amides is 1. The number of aliphatic imine (C=N–C) groups is 1. The Labute approximate surface area is 141 Å². The van der Waals surface area contributed by atoms with Gasteiger partial charge in [0.25, 0.3) is 0 Å². The van der Waals surface area contributed by atoms with Gasteiger partial charge >= 0.3 is 0 Å². The number of rotatable bonds is 3. The molecule has 7 nitrogen and oxygen atoms in total. The number of hydrogen-bond donors (Lipinski definition) is 2. The number of nitrogen functional groups attached to an aromatic ring is 1. The van der Waals surface area contributed by atoms with Crippen LogP contribution in [-0.2, 0) is 24.8 Å². The highest BCUT2D eigenvalue weighted by atomic mass is 16.2. The van der Waals surface area contributed by atoms with Crippen molar-refractivity contribution < 1.29 is 4.79 Å². The summed E-state index contributed by atoms with van der Waals surface area (Å²) in [6, 6.07) is 5.69. The second-order valence-electron chi connectivity index (χ2n) is 5.94.